The van der Waals surface area contributed by atoms with Crippen LogP contribution in [0.5, 0.6) is 5.75 Å². The number of fused-ring (bicyclic) bond motifs is 1. The number of Topliss-reactive ketones (excluding diaryl/α,β-unsaturated/α-hetero) is 1. The third kappa shape index (κ3) is 2.13. The number of aromatic amines is 1. The zero-order chi connectivity index (χ0) is 12.5. The summed E-state index contributed by atoms with van der Waals surface area (Å²) in [6, 6.07) is 5.85. The van der Waals surface area contributed by atoms with Gasteiger partial charge in [0.15, 0.2) is 5.78 Å². The topological polar surface area (TPSA) is 42.1 Å². The largest absolute Gasteiger partial charge is 0.494 e. The Bertz CT molecular complexity index is 581. The van der Waals surface area contributed by atoms with Crippen LogP contribution in [0.2, 0.25) is 0 Å². The lowest BCUT2D eigenvalue weighted by atomic mass is 10.0. The summed E-state index contributed by atoms with van der Waals surface area (Å²) >= 11 is 0. The molecule has 0 unspecified atom stereocenters. The van der Waals surface area contributed by atoms with Gasteiger partial charge in [0.25, 0.3) is 0 Å². The van der Waals surface area contributed by atoms with Gasteiger partial charge in [-0.15, -0.1) is 0 Å². The van der Waals surface area contributed by atoms with Crippen molar-refractivity contribution in [2.45, 2.75) is 26.2 Å². The number of benzene rings is 1. The maximum atomic E-state index is 12.2. The Morgan fingerprint density at radius 1 is 1.44 bits per heavy atom. The normalized spacial score (nSPS) is 14.9. The van der Waals surface area contributed by atoms with Crippen molar-refractivity contribution in [2.24, 2.45) is 5.92 Å². The first-order valence-corrected chi connectivity index (χ1v) is 6.55. The highest BCUT2D eigenvalue weighted by atomic mass is 16.5. The van der Waals surface area contributed by atoms with Crippen molar-refractivity contribution in [3.8, 4) is 5.75 Å². The van der Waals surface area contributed by atoms with E-state index < -0.39 is 0 Å². The lowest BCUT2D eigenvalue weighted by molar-refractivity contribution is 0.0977. The molecule has 0 atom stereocenters. The lowest BCUT2D eigenvalue weighted by Crippen LogP contribution is -1.99. The molecule has 0 bridgehead atoms. The highest BCUT2D eigenvalue weighted by molar-refractivity contribution is 6.08. The second kappa shape index (κ2) is 4.48. The van der Waals surface area contributed by atoms with E-state index in [-0.39, 0.29) is 5.78 Å². The summed E-state index contributed by atoms with van der Waals surface area (Å²) in [4.78, 5) is 15.3. The van der Waals surface area contributed by atoms with Crippen molar-refractivity contribution in [1.29, 1.82) is 0 Å². The quantitative estimate of drug-likeness (QED) is 0.816. The van der Waals surface area contributed by atoms with Crippen LogP contribution in [0.15, 0.2) is 24.4 Å². The zero-order valence-electron chi connectivity index (χ0n) is 10.5. The monoisotopic (exact) mass is 243 g/mol. The van der Waals surface area contributed by atoms with Crippen molar-refractivity contribution in [3.05, 3.63) is 30.0 Å². The van der Waals surface area contributed by atoms with Crippen molar-refractivity contribution >= 4 is 16.7 Å². The molecule has 18 heavy (non-hydrogen) atoms. The number of H-pyrrole nitrogens is 1. The summed E-state index contributed by atoms with van der Waals surface area (Å²) in [5, 5.41) is 0.978. The van der Waals surface area contributed by atoms with Crippen LogP contribution in [-0.4, -0.2) is 17.4 Å². The average Bonchev–Trinajstić information content (AvgIpc) is 3.07. The first-order valence-electron chi connectivity index (χ1n) is 6.55. The maximum absolute atomic E-state index is 12.2. The second-order valence-corrected chi connectivity index (χ2v) is 4.91. The number of carbonyl (C=O) groups excluding carboxylic acids is 1. The number of aromatic nitrogens is 1. The highest BCUT2D eigenvalue weighted by Gasteiger charge is 2.26. The molecule has 1 heterocycles. The van der Waals surface area contributed by atoms with Gasteiger partial charge >= 0.3 is 0 Å². The fourth-order valence-corrected chi connectivity index (χ4v) is 2.28. The van der Waals surface area contributed by atoms with E-state index in [0.717, 1.165) is 22.2 Å². The van der Waals surface area contributed by atoms with Crippen LogP contribution < -0.4 is 4.74 Å². The van der Waals surface area contributed by atoms with Crippen LogP contribution in [0.3, 0.4) is 0 Å². The summed E-state index contributed by atoms with van der Waals surface area (Å²) in [7, 11) is 0. The molecule has 1 aromatic heterocycles. The summed E-state index contributed by atoms with van der Waals surface area (Å²) in [6.07, 6.45) is 4.92. The van der Waals surface area contributed by atoms with Gasteiger partial charge in [-0.1, -0.05) is 0 Å². The molecule has 3 nitrogen and oxygen atoms in total. The van der Waals surface area contributed by atoms with E-state index in [9.17, 15) is 4.79 Å². The van der Waals surface area contributed by atoms with E-state index in [1.165, 1.54) is 12.8 Å². The number of nitrogens with one attached hydrogen (secondary N) is 1. The Morgan fingerprint density at radius 3 is 3.00 bits per heavy atom. The molecule has 1 N–H and O–H groups in total. The van der Waals surface area contributed by atoms with Crippen LogP contribution in [0.25, 0.3) is 10.9 Å². The molecular formula is C15H17NO2. The third-order valence-corrected chi connectivity index (χ3v) is 3.44. The van der Waals surface area contributed by atoms with Crippen molar-refractivity contribution < 1.29 is 9.53 Å². The van der Waals surface area contributed by atoms with Crippen molar-refractivity contribution in [3.63, 3.8) is 0 Å². The van der Waals surface area contributed by atoms with Gasteiger partial charge in [0, 0.05) is 29.1 Å². The molecule has 1 aromatic carbocycles. The number of carbonyl (C=O) groups is 1. The molecular weight excluding hydrogens is 226 g/mol. The van der Waals surface area contributed by atoms with E-state index in [2.05, 4.69) is 4.98 Å². The molecule has 0 amide bonds. The molecule has 0 aliphatic heterocycles. The Labute approximate surface area is 106 Å². The van der Waals surface area contributed by atoms with Gasteiger partial charge < -0.3 is 9.72 Å². The van der Waals surface area contributed by atoms with Crippen molar-refractivity contribution in [2.75, 3.05) is 6.61 Å². The molecule has 94 valence electrons. The Balaban J connectivity index is 1.94. The molecule has 1 saturated carbocycles. The minimum absolute atomic E-state index is 0.248. The second-order valence-electron chi connectivity index (χ2n) is 4.91. The van der Waals surface area contributed by atoms with Crippen LogP contribution in [0.4, 0.5) is 0 Å². The molecule has 0 radical (unpaired) electrons. The number of hydrogen-bond donors (Lipinski definition) is 1. The SMILES string of the molecule is CCOc1ccc2[nH]cc(C(=O)CC3CC3)c2c1. The molecule has 1 aliphatic rings. The summed E-state index contributed by atoms with van der Waals surface area (Å²) in [6.45, 7) is 2.60. The first kappa shape index (κ1) is 11.3. The van der Waals surface area contributed by atoms with E-state index >= 15 is 0 Å². The Hall–Kier alpha value is -1.77. The van der Waals surface area contributed by atoms with Gasteiger partial charge in [0.1, 0.15) is 5.75 Å². The summed E-state index contributed by atoms with van der Waals surface area (Å²) in [5.74, 6) is 1.69. The van der Waals surface area contributed by atoms with Crippen LogP contribution in [0.1, 0.15) is 36.5 Å². The van der Waals surface area contributed by atoms with Crippen molar-refractivity contribution in [1.82, 2.24) is 4.98 Å². The predicted octanol–water partition coefficient (Wildman–Crippen LogP) is 3.55. The average molecular weight is 243 g/mol. The van der Waals surface area contributed by atoms with Crippen LogP contribution in [0, 0.1) is 5.92 Å². The third-order valence-electron chi connectivity index (χ3n) is 3.44. The van der Waals surface area contributed by atoms with Gasteiger partial charge in [0.2, 0.25) is 0 Å². The van der Waals surface area contributed by atoms with Gasteiger partial charge in [-0.05, 0) is 43.9 Å². The highest BCUT2D eigenvalue weighted by Crippen LogP contribution is 2.34. The molecule has 1 aliphatic carbocycles. The zero-order valence-corrected chi connectivity index (χ0v) is 10.5. The number of ether oxygens (including phenoxy) is 1. The van der Waals surface area contributed by atoms with Crippen LogP contribution in [-0.2, 0) is 0 Å². The van der Waals surface area contributed by atoms with E-state index in [1.54, 1.807) is 0 Å². The van der Waals surface area contributed by atoms with E-state index in [4.69, 9.17) is 4.74 Å². The number of ketones is 1. The Kier molecular flexibility index (Phi) is 2.82. The maximum Gasteiger partial charge on any atom is 0.165 e. The summed E-state index contributed by atoms with van der Waals surface area (Å²) < 4.78 is 5.49. The lowest BCUT2D eigenvalue weighted by Gasteiger charge is -2.03. The minimum Gasteiger partial charge on any atom is -0.494 e. The fraction of sp³-hybridized carbons (Fsp3) is 0.400. The Morgan fingerprint density at radius 2 is 2.28 bits per heavy atom. The van der Waals surface area contributed by atoms with Gasteiger partial charge in [-0.25, -0.2) is 0 Å². The minimum atomic E-state index is 0.248. The standard InChI is InChI=1S/C15H17NO2/c1-2-18-11-5-6-14-12(8-11)13(9-16-14)15(17)7-10-3-4-10/h5-6,8-10,16H,2-4,7H2,1H3. The molecule has 1 fully saturated rings. The van der Waals surface area contributed by atoms with Gasteiger partial charge in [-0.3, -0.25) is 4.79 Å². The van der Waals surface area contributed by atoms with Gasteiger partial charge in [0.05, 0.1) is 6.61 Å². The summed E-state index contributed by atoms with van der Waals surface area (Å²) in [5.41, 5.74) is 1.80. The van der Waals surface area contributed by atoms with Crippen LogP contribution >= 0.6 is 0 Å². The molecule has 3 heteroatoms. The predicted molar refractivity (Wildman–Crippen MR) is 71.1 cm³/mol. The number of hydrogen-bond acceptors (Lipinski definition) is 2. The number of rotatable bonds is 5. The molecule has 0 spiro atoms. The van der Waals surface area contributed by atoms with Gasteiger partial charge in [-0.2, -0.15) is 0 Å². The molecule has 0 saturated heterocycles. The van der Waals surface area contributed by atoms with E-state index in [1.807, 2.05) is 31.3 Å². The smallest absolute Gasteiger partial charge is 0.165 e. The fourth-order valence-electron chi connectivity index (χ4n) is 2.28. The van der Waals surface area contributed by atoms with E-state index in [0.29, 0.717) is 18.9 Å². The molecule has 3 rings (SSSR count). The molecule has 2 aromatic rings. The first-order chi connectivity index (χ1) is 8.78.